The fourth-order valence-electron chi connectivity index (χ4n) is 1.36. The van der Waals surface area contributed by atoms with E-state index >= 15 is 0 Å². The lowest BCUT2D eigenvalue weighted by atomic mass is 10.1. The van der Waals surface area contributed by atoms with Gasteiger partial charge >= 0.3 is 0 Å². The summed E-state index contributed by atoms with van der Waals surface area (Å²) in [6, 6.07) is 5.82. The second kappa shape index (κ2) is 4.18. The van der Waals surface area contributed by atoms with E-state index < -0.39 is 7.14 Å². The molecule has 1 rings (SSSR count). The fourth-order valence-corrected chi connectivity index (χ4v) is 2.22. The number of methoxy groups -OCH3 is 1. The van der Waals surface area contributed by atoms with Gasteiger partial charge in [0.2, 0.25) is 0 Å². The fraction of sp³-hybridized carbons (Fsp3) is 0.455. The topological polar surface area (TPSA) is 26.3 Å². The summed E-state index contributed by atoms with van der Waals surface area (Å²) >= 11 is 0. The van der Waals surface area contributed by atoms with Gasteiger partial charge in [0.05, 0.1) is 7.11 Å². The smallest absolute Gasteiger partial charge is 0.122 e. The molecule has 14 heavy (non-hydrogen) atoms. The van der Waals surface area contributed by atoms with Crippen LogP contribution in [0.25, 0.3) is 0 Å². The van der Waals surface area contributed by atoms with Crippen molar-refractivity contribution in [1.29, 1.82) is 0 Å². The number of hydrogen-bond donors (Lipinski definition) is 0. The summed E-state index contributed by atoms with van der Waals surface area (Å²) < 4.78 is 17.1. The third-order valence-corrected chi connectivity index (χ3v) is 3.80. The molecule has 0 aliphatic heterocycles. The summed E-state index contributed by atoms with van der Waals surface area (Å²) in [4.78, 5) is 0. The minimum Gasteiger partial charge on any atom is -0.496 e. The van der Waals surface area contributed by atoms with E-state index in [0.717, 1.165) is 23.0 Å². The lowest BCUT2D eigenvalue weighted by Gasteiger charge is -2.11. The molecule has 3 heteroatoms. The average molecular weight is 212 g/mol. The Balaban J connectivity index is 3.21. The number of ether oxygens (including phenoxy) is 1. The highest BCUT2D eigenvalue weighted by molar-refractivity contribution is 7.70. The van der Waals surface area contributed by atoms with Gasteiger partial charge in [-0.15, -0.1) is 0 Å². The zero-order valence-corrected chi connectivity index (χ0v) is 10.1. The minimum atomic E-state index is -2.17. The first-order chi connectivity index (χ1) is 6.49. The van der Waals surface area contributed by atoms with Crippen LogP contribution in [0.3, 0.4) is 0 Å². The Morgan fingerprint density at radius 2 is 2.00 bits per heavy atom. The highest BCUT2D eigenvalue weighted by Crippen LogP contribution is 2.36. The zero-order valence-electron chi connectivity index (χ0n) is 9.20. The van der Waals surface area contributed by atoms with Crippen LogP contribution in [0.1, 0.15) is 12.5 Å². The monoisotopic (exact) mass is 212 g/mol. The van der Waals surface area contributed by atoms with Gasteiger partial charge < -0.3 is 9.30 Å². The van der Waals surface area contributed by atoms with Crippen LogP contribution in [-0.4, -0.2) is 20.4 Å². The number of aryl methyl sites for hydroxylation is 1. The highest BCUT2D eigenvalue weighted by atomic mass is 31.2. The van der Waals surface area contributed by atoms with Crippen molar-refractivity contribution in [2.75, 3.05) is 20.4 Å². The molecule has 78 valence electrons. The van der Waals surface area contributed by atoms with Gasteiger partial charge in [-0.05, 0) is 31.4 Å². The molecule has 1 aromatic carbocycles. The molecule has 0 aliphatic rings. The van der Waals surface area contributed by atoms with Crippen molar-refractivity contribution in [3.8, 4) is 5.75 Å². The predicted octanol–water partition coefficient (Wildman–Crippen LogP) is 2.51. The summed E-state index contributed by atoms with van der Waals surface area (Å²) in [6.07, 6.45) is 0.932. The van der Waals surface area contributed by atoms with Gasteiger partial charge in [-0.1, -0.05) is 19.1 Å². The molecule has 0 saturated carbocycles. The van der Waals surface area contributed by atoms with Crippen molar-refractivity contribution < 1.29 is 9.30 Å². The van der Waals surface area contributed by atoms with Crippen molar-refractivity contribution in [3.05, 3.63) is 23.8 Å². The van der Waals surface area contributed by atoms with Crippen LogP contribution in [0.4, 0.5) is 0 Å². The molecule has 0 bridgehead atoms. The van der Waals surface area contributed by atoms with E-state index in [4.69, 9.17) is 4.74 Å². The van der Waals surface area contributed by atoms with Gasteiger partial charge in [-0.3, -0.25) is 0 Å². The molecule has 1 aromatic rings. The number of rotatable bonds is 3. The Labute approximate surface area is 85.7 Å². The Kier molecular flexibility index (Phi) is 3.38. The second-order valence-electron chi connectivity index (χ2n) is 3.70. The molecule has 2 nitrogen and oxygen atoms in total. The molecule has 0 N–H and O–H groups in total. The Morgan fingerprint density at radius 3 is 2.43 bits per heavy atom. The molecule has 0 saturated heterocycles. The van der Waals surface area contributed by atoms with Gasteiger partial charge in [0.1, 0.15) is 12.9 Å². The van der Waals surface area contributed by atoms with Crippen molar-refractivity contribution in [1.82, 2.24) is 0 Å². The first-order valence-corrected chi connectivity index (χ1v) is 7.31. The standard InChI is InChI=1S/C11H17O2P/c1-5-9-6-7-10(14(3,4)12)8-11(9)13-2/h6-8H,5H2,1-4H3. The van der Waals surface area contributed by atoms with Gasteiger partial charge in [-0.2, -0.15) is 0 Å². The van der Waals surface area contributed by atoms with Crippen molar-refractivity contribution >= 4 is 12.4 Å². The van der Waals surface area contributed by atoms with E-state index in [1.807, 2.05) is 18.2 Å². The molecule has 0 heterocycles. The molecule has 0 spiro atoms. The van der Waals surface area contributed by atoms with Crippen LogP contribution in [0.5, 0.6) is 5.75 Å². The molecule has 0 fully saturated rings. The van der Waals surface area contributed by atoms with E-state index in [2.05, 4.69) is 6.92 Å². The van der Waals surface area contributed by atoms with Crippen LogP contribution in [-0.2, 0) is 11.0 Å². The largest absolute Gasteiger partial charge is 0.496 e. The Morgan fingerprint density at radius 1 is 1.36 bits per heavy atom. The first kappa shape index (κ1) is 11.3. The van der Waals surface area contributed by atoms with Crippen LogP contribution in [0.15, 0.2) is 18.2 Å². The molecule has 0 amide bonds. The zero-order chi connectivity index (χ0) is 10.8. The maximum Gasteiger partial charge on any atom is 0.122 e. The molecular formula is C11H17O2P. The van der Waals surface area contributed by atoms with Crippen molar-refractivity contribution in [2.24, 2.45) is 0 Å². The van der Waals surface area contributed by atoms with Crippen LogP contribution in [0, 0.1) is 0 Å². The van der Waals surface area contributed by atoms with Gasteiger partial charge in [-0.25, -0.2) is 0 Å². The second-order valence-corrected chi connectivity index (χ2v) is 6.92. The van der Waals surface area contributed by atoms with Gasteiger partial charge in [0, 0.05) is 5.30 Å². The van der Waals surface area contributed by atoms with Crippen molar-refractivity contribution in [3.63, 3.8) is 0 Å². The van der Waals surface area contributed by atoms with Crippen molar-refractivity contribution in [2.45, 2.75) is 13.3 Å². The van der Waals surface area contributed by atoms with Crippen LogP contribution >= 0.6 is 7.14 Å². The summed E-state index contributed by atoms with van der Waals surface area (Å²) in [5.74, 6) is 0.842. The van der Waals surface area contributed by atoms with E-state index in [1.54, 1.807) is 20.4 Å². The average Bonchev–Trinajstić information content (AvgIpc) is 2.15. The van der Waals surface area contributed by atoms with Crippen LogP contribution in [0.2, 0.25) is 0 Å². The third kappa shape index (κ3) is 2.39. The summed E-state index contributed by atoms with van der Waals surface area (Å²) in [5, 5.41) is 0.881. The molecule has 0 radical (unpaired) electrons. The van der Waals surface area contributed by atoms with E-state index in [0.29, 0.717) is 0 Å². The van der Waals surface area contributed by atoms with E-state index in [-0.39, 0.29) is 0 Å². The van der Waals surface area contributed by atoms with E-state index in [1.165, 1.54) is 0 Å². The predicted molar refractivity (Wildman–Crippen MR) is 61.5 cm³/mol. The Hall–Kier alpha value is -0.750. The quantitative estimate of drug-likeness (QED) is 0.719. The Bertz CT molecular complexity index is 366. The normalized spacial score (nSPS) is 11.4. The van der Waals surface area contributed by atoms with E-state index in [9.17, 15) is 4.57 Å². The number of benzene rings is 1. The minimum absolute atomic E-state index is 0.842. The molecule has 0 unspecified atom stereocenters. The first-order valence-electron chi connectivity index (χ1n) is 4.71. The van der Waals surface area contributed by atoms with Gasteiger partial charge in [0.25, 0.3) is 0 Å². The summed E-state index contributed by atoms with van der Waals surface area (Å²) in [5.41, 5.74) is 1.16. The van der Waals surface area contributed by atoms with Crippen LogP contribution < -0.4 is 10.0 Å². The molecule has 0 aromatic heterocycles. The molecular weight excluding hydrogens is 195 g/mol. The lowest BCUT2D eigenvalue weighted by molar-refractivity contribution is 0.410. The third-order valence-electron chi connectivity index (χ3n) is 2.27. The number of hydrogen-bond acceptors (Lipinski definition) is 2. The molecule has 0 aliphatic carbocycles. The molecule has 0 atom stereocenters. The summed E-state index contributed by atoms with van der Waals surface area (Å²) in [6.45, 7) is 5.62. The summed E-state index contributed by atoms with van der Waals surface area (Å²) in [7, 11) is -0.521. The maximum atomic E-state index is 11.8. The highest BCUT2D eigenvalue weighted by Gasteiger charge is 2.13. The maximum absolute atomic E-state index is 11.8. The lowest BCUT2D eigenvalue weighted by Crippen LogP contribution is -2.04. The SMILES string of the molecule is CCc1ccc(P(C)(C)=O)cc1OC. The van der Waals surface area contributed by atoms with Gasteiger partial charge in [0.15, 0.2) is 0 Å².